The topological polar surface area (TPSA) is 66.9 Å². The summed E-state index contributed by atoms with van der Waals surface area (Å²) >= 11 is 0. The lowest BCUT2D eigenvalue weighted by Crippen LogP contribution is -2.49. The molecule has 0 spiro atoms. The molecule has 0 radical (unpaired) electrons. The van der Waals surface area contributed by atoms with Gasteiger partial charge >= 0.3 is 0 Å². The summed E-state index contributed by atoms with van der Waals surface area (Å²) in [6, 6.07) is 11.8. The molecule has 1 aromatic heterocycles. The Morgan fingerprint density at radius 2 is 1.97 bits per heavy atom. The summed E-state index contributed by atoms with van der Waals surface area (Å²) < 4.78 is 10.8. The first-order valence-electron chi connectivity index (χ1n) is 10.2. The van der Waals surface area contributed by atoms with Gasteiger partial charge in [-0.15, -0.1) is 0 Å². The fourth-order valence-electron chi connectivity index (χ4n) is 3.78. The van der Waals surface area contributed by atoms with Crippen molar-refractivity contribution in [2.75, 3.05) is 56.7 Å². The number of ether oxygens (including phenoxy) is 2. The van der Waals surface area contributed by atoms with Crippen LogP contribution in [0, 0.1) is 0 Å². The maximum absolute atomic E-state index is 12.8. The molecule has 2 aliphatic rings. The number of nitrogens with zero attached hydrogens (tertiary/aromatic N) is 3. The number of hydrogen-bond acceptors (Lipinski definition) is 6. The second-order valence-electron chi connectivity index (χ2n) is 7.43. The van der Waals surface area contributed by atoms with E-state index in [0.29, 0.717) is 18.8 Å². The molecule has 3 heterocycles. The zero-order chi connectivity index (χ0) is 20.1. The molecular weight excluding hydrogens is 368 g/mol. The maximum atomic E-state index is 12.8. The first kappa shape index (κ1) is 19.5. The van der Waals surface area contributed by atoms with Gasteiger partial charge in [0.05, 0.1) is 25.1 Å². The van der Waals surface area contributed by atoms with Crippen molar-refractivity contribution in [2.45, 2.75) is 18.9 Å². The lowest BCUT2D eigenvalue weighted by molar-refractivity contribution is 0.0741. The quantitative estimate of drug-likeness (QED) is 0.810. The minimum atomic E-state index is -0.00921. The third-order valence-electron chi connectivity index (χ3n) is 5.54. The zero-order valence-electron chi connectivity index (χ0n) is 16.8. The normalized spacial score (nSPS) is 19.3. The Bertz CT molecular complexity index is 796. The van der Waals surface area contributed by atoms with Gasteiger partial charge in [-0.2, -0.15) is 0 Å². The molecule has 0 bridgehead atoms. The van der Waals surface area contributed by atoms with E-state index >= 15 is 0 Å². The fraction of sp³-hybridized carbons (Fsp3) is 0.455. The molecule has 154 valence electrons. The van der Waals surface area contributed by atoms with E-state index in [1.54, 1.807) is 19.4 Å². The van der Waals surface area contributed by atoms with Gasteiger partial charge in [-0.05, 0) is 49.2 Å². The molecule has 1 aromatic carbocycles. The molecule has 4 rings (SSSR count). The van der Waals surface area contributed by atoms with E-state index < -0.39 is 0 Å². The van der Waals surface area contributed by atoms with Crippen LogP contribution < -0.4 is 15.0 Å². The maximum Gasteiger partial charge on any atom is 0.272 e. The van der Waals surface area contributed by atoms with E-state index in [1.165, 1.54) is 0 Å². The van der Waals surface area contributed by atoms with Gasteiger partial charge < -0.3 is 24.6 Å². The molecule has 0 aliphatic carbocycles. The summed E-state index contributed by atoms with van der Waals surface area (Å²) in [6.07, 6.45) is 4.23. The number of carbonyl (C=O) groups excluding carboxylic acids is 1. The Morgan fingerprint density at radius 3 is 2.59 bits per heavy atom. The van der Waals surface area contributed by atoms with Crippen molar-refractivity contribution in [3.05, 3.63) is 48.3 Å². The lowest BCUT2D eigenvalue weighted by atomic mass is 10.2. The highest BCUT2D eigenvalue weighted by atomic mass is 16.5. The van der Waals surface area contributed by atoms with Crippen molar-refractivity contribution in [3.63, 3.8) is 0 Å². The van der Waals surface area contributed by atoms with Crippen molar-refractivity contribution < 1.29 is 14.3 Å². The number of piperazine rings is 1. The minimum Gasteiger partial charge on any atom is -0.497 e. The first-order chi connectivity index (χ1) is 14.2. The van der Waals surface area contributed by atoms with Gasteiger partial charge in [0.1, 0.15) is 11.4 Å². The number of pyridine rings is 1. The number of hydrogen-bond donors (Lipinski definition) is 1. The van der Waals surface area contributed by atoms with Crippen LogP contribution in [0.3, 0.4) is 0 Å². The van der Waals surface area contributed by atoms with E-state index in [2.05, 4.69) is 27.3 Å². The van der Waals surface area contributed by atoms with E-state index in [1.807, 2.05) is 23.1 Å². The van der Waals surface area contributed by atoms with Crippen LogP contribution in [-0.2, 0) is 4.74 Å². The van der Waals surface area contributed by atoms with Gasteiger partial charge in [0.2, 0.25) is 0 Å². The van der Waals surface area contributed by atoms with Crippen LogP contribution in [0.1, 0.15) is 23.3 Å². The fourth-order valence-corrected chi connectivity index (χ4v) is 3.78. The molecular formula is C22H28N4O3. The Hall–Kier alpha value is -2.80. The number of nitrogens with one attached hydrogen (secondary N) is 1. The molecule has 2 fully saturated rings. The average Bonchev–Trinajstić information content (AvgIpc) is 3.31. The van der Waals surface area contributed by atoms with Gasteiger partial charge in [-0.25, -0.2) is 4.98 Å². The summed E-state index contributed by atoms with van der Waals surface area (Å²) in [5.41, 5.74) is 2.56. The molecule has 0 saturated carbocycles. The molecule has 2 aromatic rings. The molecule has 7 heteroatoms. The third-order valence-corrected chi connectivity index (χ3v) is 5.54. The van der Waals surface area contributed by atoms with Crippen LogP contribution in [0.15, 0.2) is 42.6 Å². The zero-order valence-corrected chi connectivity index (χ0v) is 16.8. The van der Waals surface area contributed by atoms with Crippen LogP contribution in [0.5, 0.6) is 5.75 Å². The standard InChI is InChI=1S/C22H28N4O3/c1-28-19-7-5-18(6-8-19)25-10-12-26(13-11-25)22(27)21-9-4-17(15-24-21)23-16-20-3-2-14-29-20/h4-9,15,20,23H,2-3,10-14,16H2,1H3. The molecule has 29 heavy (non-hydrogen) atoms. The lowest BCUT2D eigenvalue weighted by Gasteiger charge is -2.36. The number of amides is 1. The molecule has 1 atom stereocenters. The van der Waals surface area contributed by atoms with Crippen molar-refractivity contribution in [1.82, 2.24) is 9.88 Å². The largest absolute Gasteiger partial charge is 0.497 e. The third kappa shape index (κ3) is 4.79. The number of methoxy groups -OCH3 is 1. The Balaban J connectivity index is 1.28. The summed E-state index contributed by atoms with van der Waals surface area (Å²) in [4.78, 5) is 21.3. The highest BCUT2D eigenvalue weighted by Crippen LogP contribution is 2.21. The molecule has 2 aliphatic heterocycles. The molecule has 1 amide bonds. The van der Waals surface area contributed by atoms with Crippen LogP contribution in [0.2, 0.25) is 0 Å². The average molecular weight is 396 g/mol. The van der Waals surface area contributed by atoms with E-state index in [4.69, 9.17) is 9.47 Å². The van der Waals surface area contributed by atoms with E-state index in [9.17, 15) is 4.79 Å². The molecule has 1 unspecified atom stereocenters. The Labute approximate surface area is 171 Å². The number of anilines is 2. The number of aromatic nitrogens is 1. The van der Waals surface area contributed by atoms with Gasteiger partial charge in [0.15, 0.2) is 0 Å². The van der Waals surface area contributed by atoms with Crippen molar-refractivity contribution in [1.29, 1.82) is 0 Å². The monoisotopic (exact) mass is 396 g/mol. The number of carbonyl (C=O) groups is 1. The minimum absolute atomic E-state index is 0.00921. The SMILES string of the molecule is COc1ccc(N2CCN(C(=O)c3ccc(NCC4CCCO4)cn3)CC2)cc1. The molecule has 1 N–H and O–H groups in total. The van der Waals surface area contributed by atoms with Gasteiger partial charge in [-0.1, -0.05) is 0 Å². The molecule has 2 saturated heterocycles. The summed E-state index contributed by atoms with van der Waals surface area (Å²) in [5, 5.41) is 3.34. The van der Waals surface area contributed by atoms with Crippen LogP contribution in [0.25, 0.3) is 0 Å². The van der Waals surface area contributed by atoms with Gasteiger partial charge in [0.25, 0.3) is 5.91 Å². The van der Waals surface area contributed by atoms with Crippen LogP contribution in [-0.4, -0.2) is 68.3 Å². The predicted molar refractivity (Wildman–Crippen MR) is 113 cm³/mol. The highest BCUT2D eigenvalue weighted by Gasteiger charge is 2.23. The smallest absolute Gasteiger partial charge is 0.272 e. The summed E-state index contributed by atoms with van der Waals surface area (Å²) in [6.45, 7) is 4.61. The number of benzene rings is 1. The van der Waals surface area contributed by atoms with Crippen LogP contribution in [0.4, 0.5) is 11.4 Å². The Morgan fingerprint density at radius 1 is 1.17 bits per heavy atom. The summed E-state index contributed by atoms with van der Waals surface area (Å²) in [7, 11) is 1.67. The van der Waals surface area contributed by atoms with Crippen molar-refractivity contribution >= 4 is 17.3 Å². The van der Waals surface area contributed by atoms with Crippen molar-refractivity contribution in [3.8, 4) is 5.75 Å². The van der Waals surface area contributed by atoms with E-state index in [0.717, 1.165) is 56.2 Å². The van der Waals surface area contributed by atoms with E-state index in [-0.39, 0.29) is 12.0 Å². The van der Waals surface area contributed by atoms with Gasteiger partial charge in [-0.3, -0.25) is 4.79 Å². The van der Waals surface area contributed by atoms with Crippen LogP contribution >= 0.6 is 0 Å². The summed E-state index contributed by atoms with van der Waals surface area (Å²) in [5.74, 6) is 0.840. The second-order valence-corrected chi connectivity index (χ2v) is 7.43. The second kappa shape index (κ2) is 9.13. The molecule has 7 nitrogen and oxygen atoms in total. The predicted octanol–water partition coefficient (Wildman–Crippen LogP) is 2.64. The van der Waals surface area contributed by atoms with Crippen molar-refractivity contribution in [2.24, 2.45) is 0 Å². The first-order valence-corrected chi connectivity index (χ1v) is 10.2. The Kier molecular flexibility index (Phi) is 6.14. The number of rotatable bonds is 6. The van der Waals surface area contributed by atoms with Gasteiger partial charge in [0, 0.05) is 45.0 Å². The highest BCUT2D eigenvalue weighted by molar-refractivity contribution is 5.92.